The normalized spacial score (nSPS) is 39.6. The lowest BCUT2D eigenvalue weighted by atomic mass is 9.44. The molecule has 5 rings (SSSR count). The number of benzene rings is 1. The molecule has 1 aromatic carbocycles. The second-order valence-corrected chi connectivity index (χ2v) is 13.0. The topological polar surface area (TPSA) is 69.7 Å². The molecular weight excluding hydrogens is 464 g/mol. The average molecular weight is 509 g/mol. The van der Waals surface area contributed by atoms with E-state index in [0.717, 1.165) is 38.5 Å². The third-order valence-corrected chi connectivity index (χ3v) is 11.6. The maximum atomic E-state index is 14.0. The van der Waals surface area contributed by atoms with Crippen molar-refractivity contribution in [3.05, 3.63) is 35.9 Å². The van der Waals surface area contributed by atoms with E-state index >= 15 is 0 Å². The molecule has 0 heterocycles. The first-order valence-corrected chi connectivity index (χ1v) is 14.5. The van der Waals surface area contributed by atoms with Gasteiger partial charge in [0, 0.05) is 18.3 Å². The van der Waals surface area contributed by atoms with Crippen molar-refractivity contribution in [1.29, 1.82) is 0 Å². The maximum absolute atomic E-state index is 14.0. The summed E-state index contributed by atoms with van der Waals surface area (Å²) in [6, 6.07) is 9.29. The van der Waals surface area contributed by atoms with Crippen LogP contribution in [0.4, 0.5) is 0 Å². The van der Waals surface area contributed by atoms with E-state index < -0.39 is 0 Å². The Morgan fingerprint density at radius 1 is 1.03 bits per heavy atom. The molecule has 4 fully saturated rings. The van der Waals surface area contributed by atoms with E-state index in [1.54, 1.807) is 0 Å². The Hall–Kier alpha value is -2.17. The van der Waals surface area contributed by atoms with Gasteiger partial charge in [-0.2, -0.15) is 0 Å². The molecule has 0 aliphatic heterocycles. The molecule has 0 N–H and O–H groups in total. The number of rotatable bonds is 6. The number of hydrogen-bond acceptors (Lipinski definition) is 5. The van der Waals surface area contributed by atoms with Crippen molar-refractivity contribution in [2.45, 2.75) is 91.1 Å². The molecule has 4 saturated carbocycles. The van der Waals surface area contributed by atoms with E-state index in [4.69, 9.17) is 9.47 Å². The smallest absolute Gasteiger partial charge is 0.338 e. The number of methoxy groups -OCH3 is 1. The fourth-order valence-corrected chi connectivity index (χ4v) is 9.42. The fourth-order valence-electron chi connectivity index (χ4n) is 9.42. The second kappa shape index (κ2) is 10.2. The summed E-state index contributed by atoms with van der Waals surface area (Å²) in [5.74, 6) is 2.79. The van der Waals surface area contributed by atoms with Crippen LogP contribution in [0, 0.1) is 46.3 Å². The first-order valence-electron chi connectivity index (χ1n) is 14.5. The van der Waals surface area contributed by atoms with E-state index in [1.807, 2.05) is 30.3 Å². The van der Waals surface area contributed by atoms with E-state index in [-0.39, 0.29) is 28.9 Å². The minimum absolute atomic E-state index is 0.0292. The quantitative estimate of drug-likeness (QED) is 0.403. The summed E-state index contributed by atoms with van der Waals surface area (Å²) in [5, 5.41) is 0. The van der Waals surface area contributed by atoms with Gasteiger partial charge in [0.2, 0.25) is 0 Å². The van der Waals surface area contributed by atoms with Gasteiger partial charge >= 0.3 is 11.9 Å². The van der Waals surface area contributed by atoms with Gasteiger partial charge in [-0.3, -0.25) is 9.59 Å². The minimum atomic E-state index is -0.262. The third-order valence-electron chi connectivity index (χ3n) is 11.6. The first kappa shape index (κ1) is 26.4. The summed E-state index contributed by atoms with van der Waals surface area (Å²) >= 11 is 0. The van der Waals surface area contributed by atoms with Crippen molar-refractivity contribution in [2.75, 3.05) is 7.11 Å². The SMILES string of the molecule is COC(=O)CC[C@H](C)[C@@H]1CC[C@H]2[C@H]3CC[C@H]4C[C@H](OC(=O)c5ccccc5)CC[C@]4(C)[C@@H]3CC(=O)[C@@]21C. The number of Topliss-reactive ketones (excluding diaryl/α,β-unsaturated/α-hetero) is 1. The Balaban J connectivity index is 1.27. The lowest BCUT2D eigenvalue weighted by Crippen LogP contribution is -2.57. The van der Waals surface area contributed by atoms with Gasteiger partial charge in [-0.15, -0.1) is 0 Å². The molecule has 37 heavy (non-hydrogen) atoms. The standard InChI is InChI=1S/C32H44O5/c1-20(10-15-29(34)36-4)25-13-14-26-24-12-11-22-18-23(37-30(35)21-8-6-5-7-9-21)16-17-31(22,2)27(24)19-28(33)32(25,26)3/h5-9,20,22-27H,10-19H2,1-4H3/t20-,22-,23+,24+,25-,26-,27+,31-,32+/m0/s1. The highest BCUT2D eigenvalue weighted by Crippen LogP contribution is 2.67. The summed E-state index contributed by atoms with van der Waals surface area (Å²) in [6.45, 7) is 6.93. The second-order valence-electron chi connectivity index (χ2n) is 13.0. The maximum Gasteiger partial charge on any atom is 0.338 e. The van der Waals surface area contributed by atoms with Crippen molar-refractivity contribution in [2.24, 2.45) is 46.3 Å². The molecule has 4 aliphatic rings. The Morgan fingerprint density at radius 2 is 1.78 bits per heavy atom. The van der Waals surface area contributed by atoms with Gasteiger partial charge in [-0.25, -0.2) is 4.79 Å². The predicted octanol–water partition coefficient (Wildman–Crippen LogP) is 6.64. The van der Waals surface area contributed by atoms with E-state index in [1.165, 1.54) is 20.0 Å². The zero-order valence-electron chi connectivity index (χ0n) is 23.0. The van der Waals surface area contributed by atoms with E-state index in [0.29, 0.717) is 59.7 Å². The number of hydrogen-bond donors (Lipinski definition) is 0. The average Bonchev–Trinajstić information content (AvgIpc) is 3.27. The molecule has 0 aromatic heterocycles. The zero-order valence-corrected chi connectivity index (χ0v) is 23.0. The van der Waals surface area contributed by atoms with Gasteiger partial charge in [0.15, 0.2) is 0 Å². The molecular formula is C32H44O5. The lowest BCUT2D eigenvalue weighted by Gasteiger charge is -2.60. The largest absolute Gasteiger partial charge is 0.469 e. The van der Waals surface area contributed by atoms with Crippen LogP contribution in [0.1, 0.15) is 95.3 Å². The van der Waals surface area contributed by atoms with Crippen LogP contribution in [0.3, 0.4) is 0 Å². The number of esters is 2. The monoisotopic (exact) mass is 508 g/mol. The molecule has 0 radical (unpaired) electrons. The number of carbonyl (C=O) groups is 3. The zero-order chi connectivity index (χ0) is 26.4. The number of ketones is 1. The van der Waals surface area contributed by atoms with Crippen molar-refractivity contribution in [3.8, 4) is 0 Å². The van der Waals surface area contributed by atoms with Gasteiger partial charge < -0.3 is 9.47 Å². The first-order chi connectivity index (χ1) is 17.7. The van der Waals surface area contributed by atoms with Crippen molar-refractivity contribution < 1.29 is 23.9 Å². The third kappa shape index (κ3) is 4.55. The van der Waals surface area contributed by atoms with Gasteiger partial charge in [0.1, 0.15) is 11.9 Å². The molecule has 5 heteroatoms. The van der Waals surface area contributed by atoms with Gasteiger partial charge in [-0.05, 0) is 104 Å². The van der Waals surface area contributed by atoms with Crippen LogP contribution >= 0.6 is 0 Å². The van der Waals surface area contributed by atoms with Crippen molar-refractivity contribution >= 4 is 17.7 Å². The molecule has 0 spiro atoms. The van der Waals surface area contributed by atoms with Crippen LogP contribution in [0.5, 0.6) is 0 Å². The molecule has 1 aromatic rings. The number of fused-ring (bicyclic) bond motifs is 5. The van der Waals surface area contributed by atoms with Crippen LogP contribution in [-0.2, 0) is 19.1 Å². The Kier molecular flexibility index (Phi) is 7.28. The molecule has 0 bridgehead atoms. The number of ether oxygens (including phenoxy) is 2. The Labute approximate surface area is 222 Å². The molecule has 0 amide bonds. The van der Waals surface area contributed by atoms with Crippen molar-refractivity contribution in [3.63, 3.8) is 0 Å². The van der Waals surface area contributed by atoms with Crippen LogP contribution in [0.2, 0.25) is 0 Å². The summed E-state index contributed by atoms with van der Waals surface area (Å²) in [4.78, 5) is 38.4. The van der Waals surface area contributed by atoms with Crippen LogP contribution in [0.25, 0.3) is 0 Å². The van der Waals surface area contributed by atoms with Gasteiger partial charge in [0.05, 0.1) is 12.7 Å². The Bertz CT molecular complexity index is 1020. The molecule has 9 atom stereocenters. The summed E-state index contributed by atoms with van der Waals surface area (Å²) in [5.41, 5.74) is 0.500. The molecule has 202 valence electrons. The highest BCUT2D eigenvalue weighted by Gasteiger charge is 2.64. The van der Waals surface area contributed by atoms with Crippen LogP contribution < -0.4 is 0 Å². The molecule has 0 unspecified atom stereocenters. The summed E-state index contributed by atoms with van der Waals surface area (Å²) in [7, 11) is 1.45. The van der Waals surface area contributed by atoms with Gasteiger partial charge in [0.25, 0.3) is 0 Å². The summed E-state index contributed by atoms with van der Waals surface area (Å²) in [6.07, 6.45) is 9.31. The molecule has 5 nitrogen and oxygen atoms in total. The highest BCUT2D eigenvalue weighted by atomic mass is 16.5. The van der Waals surface area contributed by atoms with Gasteiger partial charge in [-0.1, -0.05) is 39.0 Å². The molecule has 0 saturated heterocycles. The Morgan fingerprint density at radius 3 is 2.51 bits per heavy atom. The van der Waals surface area contributed by atoms with Crippen LogP contribution in [0.15, 0.2) is 30.3 Å². The van der Waals surface area contributed by atoms with Crippen LogP contribution in [-0.4, -0.2) is 30.9 Å². The highest BCUT2D eigenvalue weighted by molar-refractivity contribution is 5.89. The molecule has 4 aliphatic carbocycles. The summed E-state index contributed by atoms with van der Waals surface area (Å²) < 4.78 is 10.8. The van der Waals surface area contributed by atoms with E-state index in [2.05, 4.69) is 20.8 Å². The number of carbonyl (C=O) groups excluding carboxylic acids is 3. The fraction of sp³-hybridized carbons (Fsp3) is 0.719. The lowest BCUT2D eigenvalue weighted by molar-refractivity contribution is -0.160. The predicted molar refractivity (Wildman–Crippen MR) is 142 cm³/mol. The minimum Gasteiger partial charge on any atom is -0.469 e. The van der Waals surface area contributed by atoms with E-state index in [9.17, 15) is 14.4 Å². The van der Waals surface area contributed by atoms with Crippen molar-refractivity contribution in [1.82, 2.24) is 0 Å².